The molecule has 2 aliphatic carbocycles. The van der Waals surface area contributed by atoms with Crippen LogP contribution in [0, 0.1) is 0 Å². The van der Waals surface area contributed by atoms with Crippen LogP contribution in [0.2, 0.25) is 0 Å². The number of hydrogen-bond donors (Lipinski definition) is 1. The zero-order valence-corrected chi connectivity index (χ0v) is 23.9. The Balaban J connectivity index is 1.35. The van der Waals surface area contributed by atoms with Gasteiger partial charge in [0.1, 0.15) is 28.4 Å². The number of rotatable bonds is 8. The van der Waals surface area contributed by atoms with Crippen LogP contribution in [-0.4, -0.2) is 47.1 Å². The molecule has 1 N–H and O–H groups in total. The summed E-state index contributed by atoms with van der Waals surface area (Å²) in [4.78, 5) is 10.2. The van der Waals surface area contributed by atoms with E-state index in [0.717, 1.165) is 82.0 Å². The molecule has 7 rings (SSSR count). The van der Waals surface area contributed by atoms with Crippen LogP contribution >= 0.6 is 0 Å². The van der Waals surface area contributed by atoms with Crippen LogP contribution in [0.15, 0.2) is 66.9 Å². The molecular weight excluding hydrogens is 510 g/mol. The first kappa shape index (κ1) is 25.7. The molecule has 41 heavy (non-hydrogen) atoms. The Bertz CT molecular complexity index is 1700. The zero-order valence-electron chi connectivity index (χ0n) is 23.9. The first-order valence-electron chi connectivity index (χ1n) is 14.5. The highest BCUT2D eigenvalue weighted by atomic mass is 16.5. The Labute approximate surface area is 240 Å². The first-order valence-corrected chi connectivity index (χ1v) is 14.5. The molecule has 7 heteroatoms. The molecule has 0 spiro atoms. The van der Waals surface area contributed by atoms with Crippen LogP contribution in [0.1, 0.15) is 47.6 Å². The molecule has 5 aromatic rings. The molecule has 3 aromatic heterocycles. The van der Waals surface area contributed by atoms with Gasteiger partial charge in [0.25, 0.3) is 0 Å². The molecule has 0 amide bonds. The van der Waals surface area contributed by atoms with Gasteiger partial charge in [0.05, 0.1) is 26.3 Å². The fourth-order valence-electron chi connectivity index (χ4n) is 6.37. The van der Waals surface area contributed by atoms with E-state index in [0.29, 0.717) is 18.5 Å². The number of methoxy groups -OCH3 is 2. The lowest BCUT2D eigenvalue weighted by Gasteiger charge is -2.34. The van der Waals surface area contributed by atoms with E-state index in [1.165, 1.54) is 17.5 Å². The van der Waals surface area contributed by atoms with Crippen molar-refractivity contribution in [2.75, 3.05) is 21.3 Å². The largest absolute Gasteiger partial charge is 0.497 e. The van der Waals surface area contributed by atoms with Crippen LogP contribution < -0.4 is 14.8 Å². The summed E-state index contributed by atoms with van der Waals surface area (Å²) in [6, 6.07) is 21.7. The third-order valence-electron chi connectivity index (χ3n) is 8.83. The summed E-state index contributed by atoms with van der Waals surface area (Å²) in [5, 5.41) is 8.50. The van der Waals surface area contributed by atoms with Gasteiger partial charge in [-0.1, -0.05) is 30.3 Å². The van der Waals surface area contributed by atoms with Gasteiger partial charge in [-0.3, -0.25) is 9.67 Å². The monoisotopic (exact) mass is 545 g/mol. The summed E-state index contributed by atoms with van der Waals surface area (Å²) >= 11 is 0. The summed E-state index contributed by atoms with van der Waals surface area (Å²) in [5.41, 5.74) is 10.7. The average Bonchev–Trinajstić information content (AvgIpc) is 3.61. The van der Waals surface area contributed by atoms with Gasteiger partial charge >= 0.3 is 0 Å². The number of fused-ring (bicyclic) bond motifs is 2. The predicted molar refractivity (Wildman–Crippen MR) is 162 cm³/mol. The minimum atomic E-state index is 0.514. The minimum absolute atomic E-state index is 0.514. The van der Waals surface area contributed by atoms with Crippen molar-refractivity contribution in [2.45, 2.75) is 50.6 Å². The van der Waals surface area contributed by atoms with Crippen LogP contribution in [0.4, 0.5) is 0 Å². The minimum Gasteiger partial charge on any atom is -0.497 e. The van der Waals surface area contributed by atoms with Crippen molar-refractivity contribution in [3.8, 4) is 34.0 Å². The van der Waals surface area contributed by atoms with Gasteiger partial charge in [-0.15, -0.1) is 0 Å². The number of benzene rings is 2. The van der Waals surface area contributed by atoms with Crippen LogP contribution in [0.25, 0.3) is 33.5 Å². The Morgan fingerprint density at radius 1 is 0.951 bits per heavy atom. The first-order chi connectivity index (χ1) is 20.1. The maximum absolute atomic E-state index is 5.96. The third-order valence-corrected chi connectivity index (χ3v) is 8.83. The summed E-state index contributed by atoms with van der Waals surface area (Å²) in [6.45, 7) is 0.602. The molecule has 0 atom stereocenters. The van der Waals surface area contributed by atoms with Gasteiger partial charge in [0.2, 0.25) is 0 Å². The second-order valence-corrected chi connectivity index (χ2v) is 11.2. The SMILES string of the molecule is CNC1CC(c2ccc(-c3nn(Cc4ccc(OC)cc4)c4cc(OC)c(-c5cccc6c5CCC6)nc34)cn2)C1. The molecule has 0 radical (unpaired) electrons. The highest BCUT2D eigenvalue weighted by molar-refractivity contribution is 5.93. The molecule has 1 fully saturated rings. The number of aromatic nitrogens is 4. The normalized spacial score (nSPS) is 17.8. The average molecular weight is 546 g/mol. The van der Waals surface area contributed by atoms with Crippen molar-refractivity contribution in [3.63, 3.8) is 0 Å². The van der Waals surface area contributed by atoms with Crippen LogP contribution in [-0.2, 0) is 19.4 Å². The lowest BCUT2D eigenvalue weighted by molar-refractivity contribution is 0.302. The van der Waals surface area contributed by atoms with Crippen molar-refractivity contribution in [3.05, 3.63) is 89.2 Å². The highest BCUT2D eigenvalue weighted by Crippen LogP contribution is 2.40. The maximum atomic E-state index is 5.96. The molecule has 0 bridgehead atoms. The second-order valence-electron chi connectivity index (χ2n) is 11.2. The van der Waals surface area contributed by atoms with Crippen LogP contribution in [0.3, 0.4) is 0 Å². The molecule has 3 heterocycles. The Morgan fingerprint density at radius 2 is 1.80 bits per heavy atom. The quantitative estimate of drug-likeness (QED) is 0.251. The van der Waals surface area contributed by atoms with Gasteiger partial charge in [0, 0.05) is 41.0 Å². The van der Waals surface area contributed by atoms with Gasteiger partial charge < -0.3 is 14.8 Å². The van der Waals surface area contributed by atoms with Gasteiger partial charge in [-0.2, -0.15) is 5.10 Å². The second kappa shape index (κ2) is 10.6. The zero-order chi connectivity index (χ0) is 27.9. The fraction of sp³-hybridized carbons (Fsp3) is 0.324. The fourth-order valence-corrected chi connectivity index (χ4v) is 6.37. The van der Waals surface area contributed by atoms with E-state index < -0.39 is 0 Å². The number of hydrogen-bond acceptors (Lipinski definition) is 6. The lowest BCUT2D eigenvalue weighted by Crippen LogP contribution is -2.37. The van der Waals surface area contributed by atoms with Crippen LogP contribution in [0.5, 0.6) is 11.5 Å². The molecule has 0 unspecified atom stereocenters. The summed E-state index contributed by atoms with van der Waals surface area (Å²) in [6.07, 6.45) is 7.60. The Kier molecular flexibility index (Phi) is 6.67. The number of nitrogens with zero attached hydrogens (tertiary/aromatic N) is 4. The Hall–Kier alpha value is -4.23. The van der Waals surface area contributed by atoms with Crippen molar-refractivity contribution in [2.24, 2.45) is 0 Å². The van der Waals surface area contributed by atoms with Gasteiger partial charge in [0.15, 0.2) is 0 Å². The smallest absolute Gasteiger partial charge is 0.147 e. The topological polar surface area (TPSA) is 74.1 Å². The Morgan fingerprint density at radius 3 is 2.54 bits per heavy atom. The number of nitrogens with one attached hydrogen (secondary N) is 1. The van der Waals surface area contributed by atoms with E-state index in [-0.39, 0.29) is 0 Å². The predicted octanol–water partition coefficient (Wildman–Crippen LogP) is 6.18. The standard InChI is InChI=1S/C34H35N5O2/c1-35-25-16-24(17-25)29-15-12-23(19-36-29)32-34-30(39(38-32)20-21-10-13-26(40-2)14-11-21)18-31(41-3)33(37-34)28-9-5-7-22-6-4-8-27(22)28/h5,7,9-15,18-19,24-25,35H,4,6,8,16-17,20H2,1-3H3. The molecule has 0 saturated heterocycles. The van der Waals surface area contributed by atoms with Gasteiger partial charge in [-0.25, -0.2) is 4.98 Å². The van der Waals surface area contributed by atoms with Crippen molar-refractivity contribution >= 4 is 11.0 Å². The van der Waals surface area contributed by atoms with Crippen molar-refractivity contribution in [1.82, 2.24) is 25.1 Å². The summed E-state index contributed by atoms with van der Waals surface area (Å²) in [7, 11) is 5.44. The third kappa shape index (κ3) is 4.64. The van der Waals surface area contributed by atoms with E-state index in [1.54, 1.807) is 14.2 Å². The highest BCUT2D eigenvalue weighted by Gasteiger charge is 2.30. The number of ether oxygens (including phenoxy) is 2. The van der Waals surface area contributed by atoms with Gasteiger partial charge in [-0.05, 0) is 80.1 Å². The molecule has 2 aromatic carbocycles. The van der Waals surface area contributed by atoms with E-state index in [9.17, 15) is 0 Å². The molecule has 7 nitrogen and oxygen atoms in total. The lowest BCUT2D eigenvalue weighted by atomic mass is 9.78. The van der Waals surface area contributed by atoms with Crippen molar-refractivity contribution < 1.29 is 9.47 Å². The number of pyridine rings is 2. The van der Waals surface area contributed by atoms with Crippen molar-refractivity contribution in [1.29, 1.82) is 0 Å². The molecule has 208 valence electrons. The summed E-state index contributed by atoms with van der Waals surface area (Å²) in [5.74, 6) is 2.11. The molecular formula is C34H35N5O2. The van der Waals surface area contributed by atoms with E-state index in [4.69, 9.17) is 24.5 Å². The molecule has 1 saturated carbocycles. The summed E-state index contributed by atoms with van der Waals surface area (Å²) < 4.78 is 13.3. The maximum Gasteiger partial charge on any atom is 0.147 e. The van der Waals surface area contributed by atoms with E-state index in [1.807, 2.05) is 30.1 Å². The molecule has 0 aliphatic heterocycles. The van der Waals surface area contributed by atoms with E-state index >= 15 is 0 Å². The molecule has 2 aliphatic rings. The number of aryl methyl sites for hydroxylation is 1. The van der Waals surface area contributed by atoms with E-state index in [2.05, 4.69) is 53.8 Å².